The molecular formula is C21H31F3N4O. The molecule has 1 aromatic rings. The summed E-state index contributed by atoms with van der Waals surface area (Å²) in [6.45, 7) is 9.49. The third-order valence-corrected chi connectivity index (χ3v) is 5.86. The quantitative estimate of drug-likeness (QED) is 0.548. The standard InChI is InChI=1S/C21H31F3N4O/c1-4-27(5-2)13-15-10-11-28(14-15)20(25-3)26-18-12-17(18)16-8-6-7-9-19(16)29-21(22,23)24/h6-9,15,17-18H,4-5,10-14H2,1-3H3,(H,25,26). The number of nitrogens with zero attached hydrogens (tertiary/aromatic N) is 3. The van der Waals surface area contributed by atoms with Crippen molar-refractivity contribution >= 4 is 5.96 Å². The van der Waals surface area contributed by atoms with Crippen LogP contribution in [0.15, 0.2) is 29.3 Å². The first kappa shape index (κ1) is 21.7. The first-order valence-electron chi connectivity index (χ1n) is 10.4. The van der Waals surface area contributed by atoms with Gasteiger partial charge in [0.15, 0.2) is 5.96 Å². The van der Waals surface area contributed by atoms with Crippen molar-refractivity contribution in [3.8, 4) is 5.75 Å². The molecule has 1 saturated heterocycles. The number of likely N-dealkylation sites (tertiary alicyclic amines) is 1. The Morgan fingerprint density at radius 2 is 2.00 bits per heavy atom. The van der Waals surface area contributed by atoms with Crippen LogP contribution in [0.25, 0.3) is 0 Å². The molecule has 3 unspecified atom stereocenters. The zero-order valence-corrected chi connectivity index (χ0v) is 17.4. The lowest BCUT2D eigenvalue weighted by atomic mass is 10.1. The lowest BCUT2D eigenvalue weighted by Gasteiger charge is -2.24. The monoisotopic (exact) mass is 412 g/mol. The Balaban J connectivity index is 1.57. The third kappa shape index (κ3) is 5.78. The van der Waals surface area contributed by atoms with Gasteiger partial charge in [0.05, 0.1) is 0 Å². The number of rotatable bonds is 7. The van der Waals surface area contributed by atoms with E-state index in [1.807, 2.05) is 0 Å². The van der Waals surface area contributed by atoms with Crippen molar-refractivity contribution < 1.29 is 17.9 Å². The first-order chi connectivity index (χ1) is 13.8. The van der Waals surface area contributed by atoms with E-state index in [1.165, 1.54) is 6.07 Å². The van der Waals surface area contributed by atoms with Crippen LogP contribution in [-0.4, -0.2) is 67.9 Å². The fourth-order valence-corrected chi connectivity index (χ4v) is 4.19. The summed E-state index contributed by atoms with van der Waals surface area (Å²) in [6, 6.07) is 6.49. The molecule has 0 bridgehead atoms. The predicted octanol–water partition coefficient (Wildman–Crippen LogP) is 3.68. The van der Waals surface area contributed by atoms with Crippen molar-refractivity contribution in [3.63, 3.8) is 0 Å². The van der Waals surface area contributed by atoms with Crippen LogP contribution in [0.2, 0.25) is 0 Å². The van der Waals surface area contributed by atoms with Gasteiger partial charge in [-0.05, 0) is 43.5 Å². The van der Waals surface area contributed by atoms with E-state index in [9.17, 15) is 13.2 Å². The Hall–Kier alpha value is -1.96. The van der Waals surface area contributed by atoms with Crippen LogP contribution in [0.1, 0.15) is 38.2 Å². The summed E-state index contributed by atoms with van der Waals surface area (Å²) in [5.74, 6) is 1.35. The summed E-state index contributed by atoms with van der Waals surface area (Å²) >= 11 is 0. The van der Waals surface area contributed by atoms with E-state index in [4.69, 9.17) is 0 Å². The van der Waals surface area contributed by atoms with Gasteiger partial charge in [0.25, 0.3) is 0 Å². The fourth-order valence-electron chi connectivity index (χ4n) is 4.19. The Bertz CT molecular complexity index is 705. The van der Waals surface area contributed by atoms with Crippen molar-refractivity contribution in [2.45, 2.75) is 45.0 Å². The van der Waals surface area contributed by atoms with Gasteiger partial charge in [-0.1, -0.05) is 32.0 Å². The van der Waals surface area contributed by atoms with Gasteiger partial charge in [-0.2, -0.15) is 0 Å². The maximum absolute atomic E-state index is 12.7. The molecular weight excluding hydrogens is 381 g/mol. The summed E-state index contributed by atoms with van der Waals surface area (Å²) in [5.41, 5.74) is 0.596. The van der Waals surface area contributed by atoms with Crippen molar-refractivity contribution in [1.82, 2.24) is 15.1 Å². The second kappa shape index (κ2) is 9.24. The van der Waals surface area contributed by atoms with Crippen LogP contribution in [0.5, 0.6) is 5.75 Å². The number of guanidine groups is 1. The SMILES string of the molecule is CCN(CC)CC1CCN(C(=NC)NC2CC2c2ccccc2OC(F)(F)F)C1. The van der Waals surface area contributed by atoms with Crippen LogP contribution < -0.4 is 10.1 Å². The third-order valence-electron chi connectivity index (χ3n) is 5.86. The van der Waals surface area contributed by atoms with Crippen LogP contribution >= 0.6 is 0 Å². The minimum atomic E-state index is -4.68. The van der Waals surface area contributed by atoms with Crippen LogP contribution in [0, 0.1) is 5.92 Å². The van der Waals surface area contributed by atoms with Crippen molar-refractivity contribution in [2.75, 3.05) is 39.8 Å². The maximum atomic E-state index is 12.7. The maximum Gasteiger partial charge on any atom is 0.573 e. The molecule has 2 aliphatic rings. The van der Waals surface area contributed by atoms with E-state index in [0.29, 0.717) is 11.5 Å². The van der Waals surface area contributed by atoms with E-state index in [0.717, 1.165) is 51.5 Å². The lowest BCUT2D eigenvalue weighted by Crippen LogP contribution is -2.42. The topological polar surface area (TPSA) is 40.1 Å². The number of nitrogens with one attached hydrogen (secondary N) is 1. The molecule has 5 nitrogen and oxygen atoms in total. The summed E-state index contributed by atoms with van der Waals surface area (Å²) in [6.07, 6.45) is -2.78. The molecule has 8 heteroatoms. The Labute approximate surface area is 170 Å². The fraction of sp³-hybridized carbons (Fsp3) is 0.667. The number of halogens is 3. The van der Waals surface area contributed by atoms with E-state index in [2.05, 4.69) is 38.7 Å². The zero-order chi connectivity index (χ0) is 21.0. The highest BCUT2D eigenvalue weighted by atomic mass is 19.4. The van der Waals surface area contributed by atoms with Crippen LogP contribution in [-0.2, 0) is 0 Å². The number of hydrogen-bond acceptors (Lipinski definition) is 3. The van der Waals surface area contributed by atoms with E-state index in [-0.39, 0.29) is 17.7 Å². The van der Waals surface area contributed by atoms with Gasteiger partial charge in [-0.15, -0.1) is 13.2 Å². The molecule has 29 heavy (non-hydrogen) atoms. The zero-order valence-electron chi connectivity index (χ0n) is 17.4. The predicted molar refractivity (Wildman–Crippen MR) is 108 cm³/mol. The number of aliphatic imine (C=N–C) groups is 1. The van der Waals surface area contributed by atoms with Gasteiger partial charge in [-0.25, -0.2) is 0 Å². The molecule has 3 rings (SSSR count). The summed E-state index contributed by atoms with van der Waals surface area (Å²) < 4.78 is 42.3. The lowest BCUT2D eigenvalue weighted by molar-refractivity contribution is -0.274. The molecule has 1 heterocycles. The largest absolute Gasteiger partial charge is 0.573 e. The van der Waals surface area contributed by atoms with Crippen LogP contribution in [0.4, 0.5) is 13.2 Å². The molecule has 1 saturated carbocycles. The highest BCUT2D eigenvalue weighted by molar-refractivity contribution is 5.81. The molecule has 1 aliphatic carbocycles. The Morgan fingerprint density at radius 3 is 2.66 bits per heavy atom. The highest BCUT2D eigenvalue weighted by Crippen LogP contribution is 2.45. The molecule has 0 radical (unpaired) electrons. The minimum absolute atomic E-state index is 0.000579. The number of hydrogen-bond donors (Lipinski definition) is 1. The van der Waals surface area contributed by atoms with E-state index < -0.39 is 6.36 Å². The summed E-state index contributed by atoms with van der Waals surface area (Å²) in [7, 11) is 1.76. The number of ether oxygens (including phenoxy) is 1. The summed E-state index contributed by atoms with van der Waals surface area (Å²) in [4.78, 5) is 9.13. The number of benzene rings is 1. The molecule has 1 N–H and O–H groups in total. The van der Waals surface area contributed by atoms with E-state index in [1.54, 1.807) is 25.2 Å². The Morgan fingerprint density at radius 1 is 1.28 bits per heavy atom. The smallest absolute Gasteiger partial charge is 0.405 e. The number of para-hydroxylation sites is 1. The average Bonchev–Trinajstić information content (AvgIpc) is 3.29. The summed E-state index contributed by atoms with van der Waals surface area (Å²) in [5, 5.41) is 3.45. The van der Waals surface area contributed by atoms with Gasteiger partial charge in [0.2, 0.25) is 0 Å². The minimum Gasteiger partial charge on any atom is -0.405 e. The molecule has 3 atom stereocenters. The highest BCUT2D eigenvalue weighted by Gasteiger charge is 2.43. The van der Waals surface area contributed by atoms with Crippen molar-refractivity contribution in [3.05, 3.63) is 29.8 Å². The second-order valence-corrected chi connectivity index (χ2v) is 7.81. The van der Waals surface area contributed by atoms with Gasteiger partial charge in [-0.3, -0.25) is 4.99 Å². The van der Waals surface area contributed by atoms with Gasteiger partial charge < -0.3 is 19.9 Å². The molecule has 162 valence electrons. The van der Waals surface area contributed by atoms with Crippen molar-refractivity contribution in [1.29, 1.82) is 0 Å². The van der Waals surface area contributed by atoms with Crippen LogP contribution in [0.3, 0.4) is 0 Å². The second-order valence-electron chi connectivity index (χ2n) is 7.81. The van der Waals surface area contributed by atoms with Gasteiger partial charge in [0, 0.05) is 38.6 Å². The molecule has 1 aromatic carbocycles. The molecule has 0 amide bonds. The van der Waals surface area contributed by atoms with E-state index >= 15 is 0 Å². The number of alkyl halides is 3. The van der Waals surface area contributed by atoms with Gasteiger partial charge in [0.1, 0.15) is 5.75 Å². The molecule has 2 fully saturated rings. The molecule has 1 aliphatic heterocycles. The first-order valence-corrected chi connectivity index (χ1v) is 10.4. The van der Waals surface area contributed by atoms with Gasteiger partial charge >= 0.3 is 6.36 Å². The molecule has 0 aromatic heterocycles. The average molecular weight is 413 g/mol. The normalized spacial score (nSPS) is 24.9. The van der Waals surface area contributed by atoms with Crippen molar-refractivity contribution in [2.24, 2.45) is 10.9 Å². The molecule has 0 spiro atoms. The Kier molecular flexibility index (Phi) is 6.93.